The highest BCUT2D eigenvalue weighted by atomic mass is 32.1. The molecule has 0 aliphatic heterocycles. The molecule has 2 unspecified atom stereocenters. The molecule has 180 valence electrons. The van der Waals surface area contributed by atoms with Gasteiger partial charge < -0.3 is 18.8 Å². The zero-order valence-electron chi connectivity index (χ0n) is 19.8. The minimum absolute atomic E-state index is 0.00604. The first-order valence-electron chi connectivity index (χ1n) is 11.3. The van der Waals surface area contributed by atoms with Gasteiger partial charge in [0, 0.05) is 23.1 Å². The lowest BCUT2D eigenvalue weighted by Gasteiger charge is -2.31. The lowest BCUT2D eigenvalue weighted by Crippen LogP contribution is -2.28. The monoisotopic (exact) mass is 483 g/mol. The van der Waals surface area contributed by atoms with Crippen LogP contribution in [0.5, 0.6) is 17.2 Å². The van der Waals surface area contributed by atoms with Crippen LogP contribution in [0, 0.1) is 16.0 Å². The van der Waals surface area contributed by atoms with Crippen LogP contribution in [-0.2, 0) is 0 Å². The molecule has 1 aliphatic rings. The Balaban J connectivity index is 1.96. The summed E-state index contributed by atoms with van der Waals surface area (Å²) in [6, 6.07) is 10.7. The standard InChI is InChI=1S/C25H29N3O5S/c1-16-9-5-7-11-19(16)27-21(17-13-22(31-2)24(33-4)23(14-17)32-3)15-34-25(27)26-18-10-6-8-12-20(18)28(29)30/h6,8,10,12-16,19H,5,7,9,11H2,1-4H3. The maximum Gasteiger partial charge on any atom is 0.294 e. The van der Waals surface area contributed by atoms with Crippen molar-refractivity contribution in [2.24, 2.45) is 10.9 Å². The van der Waals surface area contributed by atoms with Crippen molar-refractivity contribution >= 4 is 22.7 Å². The number of aromatic nitrogens is 1. The quantitative estimate of drug-likeness (QED) is 0.298. The zero-order chi connectivity index (χ0) is 24.2. The topological polar surface area (TPSA) is 88.1 Å². The average Bonchev–Trinajstić information content (AvgIpc) is 3.26. The van der Waals surface area contributed by atoms with E-state index in [0.717, 1.165) is 35.3 Å². The summed E-state index contributed by atoms with van der Waals surface area (Å²) in [4.78, 5) is 16.7. The van der Waals surface area contributed by atoms with Crippen LogP contribution in [0.2, 0.25) is 0 Å². The highest BCUT2D eigenvalue weighted by molar-refractivity contribution is 7.07. The first kappa shape index (κ1) is 23.8. The van der Waals surface area contributed by atoms with E-state index in [4.69, 9.17) is 19.2 Å². The fourth-order valence-corrected chi connectivity index (χ4v) is 5.62. The molecule has 9 heteroatoms. The first-order valence-corrected chi connectivity index (χ1v) is 12.1. The van der Waals surface area contributed by atoms with E-state index in [1.807, 2.05) is 12.1 Å². The Hall–Kier alpha value is -3.33. The molecule has 1 fully saturated rings. The molecule has 8 nitrogen and oxygen atoms in total. The molecule has 4 rings (SSSR count). The largest absolute Gasteiger partial charge is 0.493 e. The third-order valence-electron chi connectivity index (χ3n) is 6.39. The van der Waals surface area contributed by atoms with Crippen molar-refractivity contribution in [3.63, 3.8) is 0 Å². The van der Waals surface area contributed by atoms with Crippen LogP contribution in [0.15, 0.2) is 46.8 Å². The summed E-state index contributed by atoms with van der Waals surface area (Å²) in [5.41, 5.74) is 2.23. The lowest BCUT2D eigenvalue weighted by atomic mass is 9.85. The highest BCUT2D eigenvalue weighted by Crippen LogP contribution is 2.43. The van der Waals surface area contributed by atoms with Gasteiger partial charge in [-0.25, -0.2) is 4.99 Å². The predicted molar refractivity (Wildman–Crippen MR) is 132 cm³/mol. The van der Waals surface area contributed by atoms with E-state index < -0.39 is 0 Å². The van der Waals surface area contributed by atoms with Crippen LogP contribution in [0.25, 0.3) is 11.3 Å². The molecule has 1 aliphatic carbocycles. The van der Waals surface area contributed by atoms with Gasteiger partial charge in [0.2, 0.25) is 5.75 Å². The average molecular weight is 484 g/mol. The maximum atomic E-state index is 11.6. The number of rotatable bonds is 7. The Kier molecular flexibility index (Phi) is 7.21. The van der Waals surface area contributed by atoms with Crippen molar-refractivity contribution in [2.45, 2.75) is 38.6 Å². The van der Waals surface area contributed by atoms with Crippen molar-refractivity contribution in [1.82, 2.24) is 4.57 Å². The molecule has 1 heterocycles. The van der Waals surface area contributed by atoms with Gasteiger partial charge in [0.15, 0.2) is 16.3 Å². The van der Waals surface area contributed by atoms with Gasteiger partial charge in [0.1, 0.15) is 5.69 Å². The molecule has 2 atom stereocenters. The van der Waals surface area contributed by atoms with E-state index in [9.17, 15) is 10.1 Å². The number of para-hydroxylation sites is 2. The Bertz CT molecular complexity index is 1220. The van der Waals surface area contributed by atoms with Crippen LogP contribution in [0.1, 0.15) is 38.6 Å². The number of methoxy groups -OCH3 is 3. The molecule has 1 aromatic heterocycles. The second-order valence-corrected chi connectivity index (χ2v) is 9.21. The van der Waals surface area contributed by atoms with E-state index in [0.29, 0.717) is 28.9 Å². The Morgan fingerprint density at radius 2 is 1.74 bits per heavy atom. The van der Waals surface area contributed by atoms with E-state index in [1.54, 1.807) is 39.5 Å². The summed E-state index contributed by atoms with van der Waals surface area (Å²) in [5, 5.41) is 13.6. The number of hydrogen-bond acceptors (Lipinski definition) is 7. The highest BCUT2D eigenvalue weighted by Gasteiger charge is 2.27. The number of hydrogen-bond donors (Lipinski definition) is 0. The molecular weight excluding hydrogens is 454 g/mol. The van der Waals surface area contributed by atoms with Crippen molar-refractivity contribution in [3.8, 4) is 28.5 Å². The Morgan fingerprint density at radius 1 is 1.06 bits per heavy atom. The smallest absolute Gasteiger partial charge is 0.294 e. The Labute approximate surface area is 202 Å². The van der Waals surface area contributed by atoms with E-state index >= 15 is 0 Å². The molecule has 0 N–H and O–H groups in total. The molecular formula is C25H29N3O5S. The van der Waals surface area contributed by atoms with Crippen LogP contribution >= 0.6 is 11.3 Å². The fourth-order valence-electron chi connectivity index (χ4n) is 4.66. The van der Waals surface area contributed by atoms with Gasteiger partial charge in [-0.3, -0.25) is 10.1 Å². The SMILES string of the molecule is COc1cc(-c2csc(=Nc3ccccc3[N+](=O)[O-])n2C2CCCCC2C)cc(OC)c1OC. The fraction of sp³-hybridized carbons (Fsp3) is 0.400. The third-order valence-corrected chi connectivity index (χ3v) is 7.23. The van der Waals surface area contributed by atoms with E-state index in [1.165, 1.54) is 23.8 Å². The molecule has 0 saturated heterocycles. The summed E-state index contributed by atoms with van der Waals surface area (Å²) in [6.45, 7) is 2.27. The molecule has 0 amide bonds. The van der Waals surface area contributed by atoms with E-state index in [-0.39, 0.29) is 16.7 Å². The summed E-state index contributed by atoms with van der Waals surface area (Å²) in [7, 11) is 4.78. The molecule has 0 bridgehead atoms. The number of nitrogens with zero attached hydrogens (tertiary/aromatic N) is 3. The lowest BCUT2D eigenvalue weighted by molar-refractivity contribution is -0.384. The summed E-state index contributed by atoms with van der Waals surface area (Å²) >= 11 is 1.48. The number of nitro groups is 1. The van der Waals surface area contributed by atoms with Gasteiger partial charge in [0.25, 0.3) is 5.69 Å². The number of nitro benzene ring substituents is 1. The number of benzene rings is 2. The predicted octanol–water partition coefficient (Wildman–Crippen LogP) is 6.13. The van der Waals surface area contributed by atoms with Crippen molar-refractivity contribution in [3.05, 3.63) is 56.7 Å². The normalized spacial score (nSPS) is 18.5. The van der Waals surface area contributed by atoms with Gasteiger partial charge in [-0.1, -0.05) is 31.9 Å². The molecule has 3 aromatic rings. The maximum absolute atomic E-state index is 11.6. The molecule has 34 heavy (non-hydrogen) atoms. The molecule has 0 radical (unpaired) electrons. The first-order chi connectivity index (χ1) is 16.5. The molecule has 0 spiro atoms. The Morgan fingerprint density at radius 3 is 2.35 bits per heavy atom. The number of ether oxygens (including phenoxy) is 3. The van der Waals surface area contributed by atoms with Crippen molar-refractivity contribution < 1.29 is 19.1 Å². The summed E-state index contributed by atoms with van der Waals surface area (Å²) < 4.78 is 18.9. The van der Waals surface area contributed by atoms with Gasteiger partial charge in [-0.05, 0) is 37.0 Å². The van der Waals surface area contributed by atoms with Gasteiger partial charge in [-0.15, -0.1) is 11.3 Å². The van der Waals surface area contributed by atoms with Crippen molar-refractivity contribution in [2.75, 3.05) is 21.3 Å². The second-order valence-electron chi connectivity index (χ2n) is 8.37. The van der Waals surface area contributed by atoms with Crippen LogP contribution in [0.4, 0.5) is 11.4 Å². The van der Waals surface area contributed by atoms with Gasteiger partial charge in [0.05, 0.1) is 31.9 Å². The minimum atomic E-state index is -0.389. The minimum Gasteiger partial charge on any atom is -0.493 e. The van der Waals surface area contributed by atoms with E-state index in [2.05, 4.69) is 16.9 Å². The van der Waals surface area contributed by atoms with Crippen LogP contribution in [0.3, 0.4) is 0 Å². The van der Waals surface area contributed by atoms with Gasteiger partial charge in [-0.2, -0.15) is 0 Å². The molecule has 2 aromatic carbocycles. The van der Waals surface area contributed by atoms with Crippen molar-refractivity contribution in [1.29, 1.82) is 0 Å². The third kappa shape index (κ3) is 4.52. The van der Waals surface area contributed by atoms with Gasteiger partial charge >= 0.3 is 0 Å². The zero-order valence-corrected chi connectivity index (χ0v) is 20.6. The summed E-state index contributed by atoms with van der Waals surface area (Å²) in [5.74, 6) is 2.13. The van der Waals surface area contributed by atoms with Crippen LogP contribution in [-0.4, -0.2) is 30.8 Å². The summed E-state index contributed by atoms with van der Waals surface area (Å²) in [6.07, 6.45) is 4.50. The second kappa shape index (κ2) is 10.3. The molecule has 1 saturated carbocycles. The number of thiazole rings is 1. The van der Waals surface area contributed by atoms with Crippen LogP contribution < -0.4 is 19.0 Å².